The average molecular weight is 349 g/mol. The molecule has 24 heavy (non-hydrogen) atoms. The molecule has 1 amide bonds. The highest BCUT2D eigenvalue weighted by molar-refractivity contribution is 6.31. The zero-order chi connectivity index (χ0) is 17.5. The fourth-order valence-corrected chi connectivity index (χ4v) is 2.17. The van der Waals surface area contributed by atoms with E-state index >= 15 is 0 Å². The van der Waals surface area contributed by atoms with E-state index in [1.165, 1.54) is 18.2 Å². The number of nitrogens with zero attached hydrogens (tertiary/aromatic N) is 1. The lowest BCUT2D eigenvalue weighted by molar-refractivity contribution is -0.384. The highest BCUT2D eigenvalue weighted by Gasteiger charge is 2.08. The molecule has 7 heteroatoms. The minimum absolute atomic E-state index is 0.0609. The van der Waals surface area contributed by atoms with Crippen LogP contribution in [0.4, 0.5) is 11.4 Å². The summed E-state index contributed by atoms with van der Waals surface area (Å²) in [6.45, 7) is 2.28. The lowest BCUT2D eigenvalue weighted by Crippen LogP contribution is -2.13. The maximum atomic E-state index is 11.8. The third-order valence-electron chi connectivity index (χ3n) is 3.29. The second-order valence-electron chi connectivity index (χ2n) is 5.22. The van der Waals surface area contributed by atoms with Gasteiger partial charge < -0.3 is 10.1 Å². The Balaban J connectivity index is 1.76. The molecule has 0 fully saturated rings. The number of carbonyl (C=O) groups excluding carboxylic acids is 1. The molecule has 0 atom stereocenters. The van der Waals surface area contributed by atoms with Crippen LogP contribution in [0.15, 0.2) is 42.5 Å². The summed E-state index contributed by atoms with van der Waals surface area (Å²) in [5.74, 6) is 0.488. The molecule has 2 aromatic rings. The van der Waals surface area contributed by atoms with Gasteiger partial charge in [-0.25, -0.2) is 0 Å². The summed E-state index contributed by atoms with van der Waals surface area (Å²) < 4.78 is 5.57. The van der Waals surface area contributed by atoms with Gasteiger partial charge in [-0.05, 0) is 43.2 Å². The van der Waals surface area contributed by atoms with Crippen LogP contribution in [0.5, 0.6) is 5.75 Å². The van der Waals surface area contributed by atoms with Crippen LogP contribution in [0.2, 0.25) is 5.02 Å². The van der Waals surface area contributed by atoms with Gasteiger partial charge in [0.25, 0.3) is 5.69 Å². The number of benzene rings is 2. The van der Waals surface area contributed by atoms with Crippen LogP contribution in [0.3, 0.4) is 0 Å². The lowest BCUT2D eigenvalue weighted by Gasteiger charge is -2.08. The number of anilines is 1. The van der Waals surface area contributed by atoms with Crippen LogP contribution < -0.4 is 10.1 Å². The van der Waals surface area contributed by atoms with Gasteiger partial charge >= 0.3 is 0 Å². The molecule has 0 radical (unpaired) electrons. The molecule has 0 saturated carbocycles. The Bertz CT molecular complexity index is 749. The molecule has 1 N–H and O–H groups in total. The first kappa shape index (κ1) is 17.7. The number of amides is 1. The molecule has 6 nitrogen and oxygen atoms in total. The van der Waals surface area contributed by atoms with Gasteiger partial charge in [-0.15, -0.1) is 0 Å². The van der Waals surface area contributed by atoms with Crippen LogP contribution in [0.25, 0.3) is 0 Å². The van der Waals surface area contributed by atoms with Crippen molar-refractivity contribution in [3.63, 3.8) is 0 Å². The summed E-state index contributed by atoms with van der Waals surface area (Å²) >= 11 is 5.94. The molecule has 2 rings (SSSR count). The molecule has 0 spiro atoms. The number of ether oxygens (including phenoxy) is 1. The molecule has 0 bridgehead atoms. The number of halogens is 1. The maximum Gasteiger partial charge on any atom is 0.271 e. The molecule has 0 aromatic heterocycles. The topological polar surface area (TPSA) is 81.5 Å². The van der Waals surface area contributed by atoms with Gasteiger partial charge in [0.05, 0.1) is 11.5 Å². The number of rotatable bonds is 7. The average Bonchev–Trinajstić information content (AvgIpc) is 2.55. The summed E-state index contributed by atoms with van der Waals surface area (Å²) in [6.07, 6.45) is 0.789. The number of nitro benzene ring substituents is 1. The molecular weight excluding hydrogens is 332 g/mol. The monoisotopic (exact) mass is 348 g/mol. The van der Waals surface area contributed by atoms with Gasteiger partial charge in [0.1, 0.15) is 5.75 Å². The summed E-state index contributed by atoms with van der Waals surface area (Å²) in [6, 6.07) is 11.2. The van der Waals surface area contributed by atoms with Crippen molar-refractivity contribution < 1.29 is 14.5 Å². The van der Waals surface area contributed by atoms with Crippen molar-refractivity contribution in [2.24, 2.45) is 0 Å². The second-order valence-corrected chi connectivity index (χ2v) is 5.63. The van der Waals surface area contributed by atoms with Crippen molar-refractivity contribution in [3.8, 4) is 5.75 Å². The number of non-ortho nitro benzene ring substituents is 1. The van der Waals surface area contributed by atoms with Crippen molar-refractivity contribution in [2.45, 2.75) is 19.8 Å². The van der Waals surface area contributed by atoms with Crippen molar-refractivity contribution in [2.75, 3.05) is 11.9 Å². The van der Waals surface area contributed by atoms with Gasteiger partial charge in [0, 0.05) is 29.3 Å². The standard InChI is InChI=1S/C17H17ClN2O4/c1-12-10-15(7-8-16(12)18)24-9-3-6-17(21)19-13-4-2-5-14(11-13)20(22)23/h2,4-5,7-8,10-11H,3,6,9H2,1H3,(H,19,21). The van der Waals surface area contributed by atoms with Crippen molar-refractivity contribution in [1.29, 1.82) is 0 Å². The quantitative estimate of drug-likeness (QED) is 0.458. The summed E-state index contributed by atoms with van der Waals surface area (Å²) in [7, 11) is 0. The van der Waals surface area contributed by atoms with Gasteiger partial charge in [-0.3, -0.25) is 14.9 Å². The fraction of sp³-hybridized carbons (Fsp3) is 0.235. The van der Waals surface area contributed by atoms with Crippen molar-refractivity contribution in [3.05, 3.63) is 63.2 Å². The fourth-order valence-electron chi connectivity index (χ4n) is 2.05. The Morgan fingerprint density at radius 2 is 2.08 bits per heavy atom. The lowest BCUT2D eigenvalue weighted by atomic mass is 10.2. The van der Waals surface area contributed by atoms with E-state index in [0.717, 1.165) is 5.56 Å². The Kier molecular flexibility index (Phi) is 6.14. The normalized spacial score (nSPS) is 10.2. The Morgan fingerprint density at radius 3 is 2.79 bits per heavy atom. The first-order valence-corrected chi connectivity index (χ1v) is 7.77. The molecule has 0 aliphatic rings. The van der Waals surface area contributed by atoms with Gasteiger partial charge in [-0.1, -0.05) is 17.7 Å². The summed E-state index contributed by atoms with van der Waals surface area (Å²) in [5, 5.41) is 14.0. The molecular formula is C17H17ClN2O4. The molecule has 0 saturated heterocycles. The maximum absolute atomic E-state index is 11.8. The van der Waals surface area contributed by atoms with E-state index in [-0.39, 0.29) is 18.0 Å². The molecule has 2 aromatic carbocycles. The van der Waals surface area contributed by atoms with E-state index < -0.39 is 4.92 Å². The summed E-state index contributed by atoms with van der Waals surface area (Å²) in [4.78, 5) is 22.0. The Hall–Kier alpha value is -2.60. The minimum atomic E-state index is -0.502. The number of hydrogen-bond acceptors (Lipinski definition) is 4. The third-order valence-corrected chi connectivity index (χ3v) is 3.71. The van der Waals surface area contributed by atoms with E-state index in [1.54, 1.807) is 18.2 Å². The van der Waals surface area contributed by atoms with E-state index in [4.69, 9.17) is 16.3 Å². The SMILES string of the molecule is Cc1cc(OCCCC(=O)Nc2cccc([N+](=O)[O-])c2)ccc1Cl. The number of aryl methyl sites for hydroxylation is 1. The van der Waals surface area contributed by atoms with E-state index in [1.807, 2.05) is 13.0 Å². The highest BCUT2D eigenvalue weighted by Crippen LogP contribution is 2.21. The van der Waals surface area contributed by atoms with Crippen LogP contribution in [-0.2, 0) is 4.79 Å². The first-order chi connectivity index (χ1) is 11.5. The van der Waals surface area contributed by atoms with E-state index in [9.17, 15) is 14.9 Å². The van der Waals surface area contributed by atoms with Gasteiger partial charge in [-0.2, -0.15) is 0 Å². The number of hydrogen-bond donors (Lipinski definition) is 1. The zero-order valence-electron chi connectivity index (χ0n) is 13.1. The minimum Gasteiger partial charge on any atom is -0.494 e. The van der Waals surface area contributed by atoms with Crippen LogP contribution >= 0.6 is 11.6 Å². The van der Waals surface area contributed by atoms with Crippen LogP contribution in [-0.4, -0.2) is 17.4 Å². The smallest absolute Gasteiger partial charge is 0.271 e. The van der Waals surface area contributed by atoms with E-state index in [2.05, 4.69) is 5.32 Å². The number of nitrogens with one attached hydrogen (secondary N) is 1. The van der Waals surface area contributed by atoms with Crippen molar-refractivity contribution >= 4 is 28.9 Å². The second kappa shape index (κ2) is 8.31. The molecule has 126 valence electrons. The van der Waals surface area contributed by atoms with Crippen molar-refractivity contribution in [1.82, 2.24) is 0 Å². The Morgan fingerprint density at radius 1 is 1.29 bits per heavy atom. The van der Waals surface area contributed by atoms with Crippen LogP contribution in [0.1, 0.15) is 18.4 Å². The van der Waals surface area contributed by atoms with Crippen LogP contribution in [0, 0.1) is 17.0 Å². The Labute approximate surface area is 144 Å². The first-order valence-electron chi connectivity index (χ1n) is 7.39. The largest absolute Gasteiger partial charge is 0.494 e. The highest BCUT2D eigenvalue weighted by atomic mass is 35.5. The predicted molar refractivity (Wildman–Crippen MR) is 92.6 cm³/mol. The molecule has 0 heterocycles. The third kappa shape index (κ3) is 5.24. The molecule has 0 unspecified atom stereocenters. The predicted octanol–water partition coefficient (Wildman–Crippen LogP) is 4.35. The van der Waals surface area contributed by atoms with Gasteiger partial charge in [0.2, 0.25) is 5.91 Å². The number of carbonyl (C=O) groups is 1. The zero-order valence-corrected chi connectivity index (χ0v) is 13.9. The molecule has 0 aliphatic carbocycles. The van der Waals surface area contributed by atoms with E-state index in [0.29, 0.717) is 29.5 Å². The summed E-state index contributed by atoms with van der Waals surface area (Å²) in [5.41, 5.74) is 1.27. The van der Waals surface area contributed by atoms with Gasteiger partial charge in [0.15, 0.2) is 0 Å². The molecule has 0 aliphatic heterocycles. The number of nitro groups is 1.